The second-order valence-electron chi connectivity index (χ2n) is 5.78. The van der Waals surface area contributed by atoms with E-state index in [0.29, 0.717) is 25.1 Å². The number of nitrogens with zero attached hydrogens (tertiary/aromatic N) is 4. The highest BCUT2D eigenvalue weighted by Gasteiger charge is 2.34. The minimum atomic E-state index is -0.780. The molecule has 3 heterocycles. The molecule has 6 nitrogen and oxygen atoms in total. The van der Waals surface area contributed by atoms with Crippen molar-refractivity contribution in [2.24, 2.45) is 7.05 Å². The van der Waals surface area contributed by atoms with Crippen molar-refractivity contribution in [1.29, 1.82) is 0 Å². The first-order valence-electron chi connectivity index (χ1n) is 6.68. The molecule has 2 aromatic heterocycles. The first-order valence-corrected chi connectivity index (χ1v) is 6.68. The van der Waals surface area contributed by atoms with Gasteiger partial charge in [-0.1, -0.05) is 0 Å². The van der Waals surface area contributed by atoms with Crippen molar-refractivity contribution < 1.29 is 9.90 Å². The zero-order chi connectivity index (χ0) is 14.5. The highest BCUT2D eigenvalue weighted by molar-refractivity contribution is 5.97. The molecule has 0 aromatic carbocycles. The summed E-state index contributed by atoms with van der Waals surface area (Å²) in [4.78, 5) is 18.4. The Labute approximate surface area is 117 Å². The molecule has 1 amide bonds. The average Bonchev–Trinajstić information content (AvgIpc) is 2.89. The summed E-state index contributed by atoms with van der Waals surface area (Å²) in [5.74, 6) is -0.0829. The normalized spacial score (nSPS) is 22.7. The molecular formula is C14H18N4O2. The van der Waals surface area contributed by atoms with Crippen LogP contribution >= 0.6 is 0 Å². The third-order valence-corrected chi connectivity index (χ3v) is 3.85. The van der Waals surface area contributed by atoms with Gasteiger partial charge in [-0.3, -0.25) is 9.48 Å². The van der Waals surface area contributed by atoms with E-state index in [0.717, 1.165) is 16.7 Å². The van der Waals surface area contributed by atoms with Gasteiger partial charge in [0.1, 0.15) is 0 Å². The Morgan fingerprint density at radius 2 is 2.25 bits per heavy atom. The Bertz CT molecular complexity index is 690. The highest BCUT2D eigenvalue weighted by Crippen LogP contribution is 2.23. The molecule has 0 aliphatic carbocycles. The molecule has 0 bridgehead atoms. The molecule has 1 saturated heterocycles. The predicted octanol–water partition coefficient (Wildman–Crippen LogP) is 0.874. The number of aliphatic hydroxyl groups is 1. The number of pyridine rings is 1. The van der Waals surface area contributed by atoms with Crippen LogP contribution in [0.1, 0.15) is 29.4 Å². The summed E-state index contributed by atoms with van der Waals surface area (Å²) in [7, 11) is 1.83. The number of amides is 1. The Morgan fingerprint density at radius 3 is 2.90 bits per heavy atom. The number of β-amino-alcohol motifs (C(OH)–C–C–N with tert-alkyl or cyclic N) is 1. The second-order valence-corrected chi connectivity index (χ2v) is 5.78. The largest absolute Gasteiger partial charge is 0.388 e. The zero-order valence-corrected chi connectivity index (χ0v) is 11.9. The zero-order valence-electron chi connectivity index (χ0n) is 11.9. The number of hydrogen-bond donors (Lipinski definition) is 1. The highest BCUT2D eigenvalue weighted by atomic mass is 16.3. The maximum absolute atomic E-state index is 12.4. The summed E-state index contributed by atoms with van der Waals surface area (Å²) < 4.78 is 1.71. The van der Waals surface area contributed by atoms with Crippen LogP contribution < -0.4 is 0 Å². The summed E-state index contributed by atoms with van der Waals surface area (Å²) in [5.41, 5.74) is 1.40. The first kappa shape index (κ1) is 13.1. The fourth-order valence-electron chi connectivity index (χ4n) is 2.73. The molecule has 3 rings (SSSR count). The van der Waals surface area contributed by atoms with Gasteiger partial charge < -0.3 is 10.0 Å². The molecule has 0 spiro atoms. The van der Waals surface area contributed by atoms with Gasteiger partial charge in [-0.2, -0.15) is 5.10 Å². The number of aromatic nitrogens is 3. The fourth-order valence-corrected chi connectivity index (χ4v) is 2.73. The van der Waals surface area contributed by atoms with E-state index in [9.17, 15) is 9.90 Å². The third-order valence-electron chi connectivity index (χ3n) is 3.85. The van der Waals surface area contributed by atoms with Gasteiger partial charge in [-0.25, -0.2) is 4.98 Å². The van der Waals surface area contributed by atoms with Crippen molar-refractivity contribution in [1.82, 2.24) is 19.7 Å². The lowest BCUT2D eigenvalue weighted by molar-refractivity contribution is 0.0572. The lowest BCUT2D eigenvalue weighted by Crippen LogP contribution is -2.33. The van der Waals surface area contributed by atoms with E-state index in [1.54, 1.807) is 22.7 Å². The van der Waals surface area contributed by atoms with Gasteiger partial charge in [0.25, 0.3) is 5.91 Å². The van der Waals surface area contributed by atoms with Crippen molar-refractivity contribution in [3.63, 3.8) is 0 Å². The smallest absolute Gasteiger partial charge is 0.255 e. The van der Waals surface area contributed by atoms with E-state index >= 15 is 0 Å². The summed E-state index contributed by atoms with van der Waals surface area (Å²) in [6.07, 6.45) is 2.19. The molecule has 106 valence electrons. The van der Waals surface area contributed by atoms with E-state index < -0.39 is 5.60 Å². The van der Waals surface area contributed by atoms with Gasteiger partial charge in [-0.05, 0) is 26.3 Å². The Morgan fingerprint density at radius 1 is 1.50 bits per heavy atom. The molecule has 1 aliphatic rings. The van der Waals surface area contributed by atoms with Crippen LogP contribution in [-0.4, -0.2) is 49.4 Å². The molecule has 6 heteroatoms. The summed E-state index contributed by atoms with van der Waals surface area (Å²) in [6.45, 7) is 4.61. The monoisotopic (exact) mass is 274 g/mol. The molecule has 0 radical (unpaired) electrons. The number of fused-ring (bicyclic) bond motifs is 1. The number of aryl methyl sites for hydroxylation is 2. The van der Waals surface area contributed by atoms with Crippen LogP contribution in [0, 0.1) is 6.92 Å². The molecule has 1 fully saturated rings. The summed E-state index contributed by atoms with van der Waals surface area (Å²) >= 11 is 0. The summed E-state index contributed by atoms with van der Waals surface area (Å²) in [5, 5.41) is 15.2. The van der Waals surface area contributed by atoms with Crippen LogP contribution in [0.5, 0.6) is 0 Å². The standard InChI is InChI=1S/C14H18N4O2/c1-9-11-6-10(7-15-12(11)17(3)16-9)13(19)18-5-4-14(2,20)8-18/h6-7,20H,4-5,8H2,1-3H3. The quantitative estimate of drug-likeness (QED) is 0.837. The van der Waals surface area contributed by atoms with Crippen molar-refractivity contribution in [3.05, 3.63) is 23.5 Å². The average molecular weight is 274 g/mol. The second kappa shape index (κ2) is 4.28. The molecule has 0 saturated carbocycles. The predicted molar refractivity (Wildman–Crippen MR) is 74.4 cm³/mol. The topological polar surface area (TPSA) is 71.2 Å². The van der Waals surface area contributed by atoms with E-state index in [4.69, 9.17) is 0 Å². The van der Waals surface area contributed by atoms with Crippen LogP contribution in [0.2, 0.25) is 0 Å². The van der Waals surface area contributed by atoms with Crippen molar-refractivity contribution in [3.8, 4) is 0 Å². The molecule has 1 atom stereocenters. The SMILES string of the molecule is Cc1nn(C)c2ncc(C(=O)N3CCC(C)(O)C3)cc12. The molecule has 1 unspecified atom stereocenters. The van der Waals surface area contributed by atoms with Crippen LogP contribution in [0.4, 0.5) is 0 Å². The maximum Gasteiger partial charge on any atom is 0.255 e. The van der Waals surface area contributed by atoms with Gasteiger partial charge in [0, 0.05) is 31.7 Å². The Hall–Kier alpha value is -1.95. The van der Waals surface area contributed by atoms with Gasteiger partial charge >= 0.3 is 0 Å². The van der Waals surface area contributed by atoms with Crippen molar-refractivity contribution >= 4 is 16.9 Å². The first-order chi connectivity index (χ1) is 9.37. The minimum Gasteiger partial charge on any atom is -0.388 e. The van der Waals surface area contributed by atoms with Crippen LogP contribution in [0.15, 0.2) is 12.3 Å². The molecule has 1 aliphatic heterocycles. The Kier molecular flexibility index (Phi) is 2.79. The molecule has 2 aromatic rings. The third kappa shape index (κ3) is 2.06. The molecule has 20 heavy (non-hydrogen) atoms. The van der Waals surface area contributed by atoms with E-state index in [-0.39, 0.29) is 5.91 Å². The fraction of sp³-hybridized carbons (Fsp3) is 0.500. The lowest BCUT2D eigenvalue weighted by Gasteiger charge is -2.18. The number of carbonyl (C=O) groups is 1. The minimum absolute atomic E-state index is 0.0829. The molecule has 1 N–H and O–H groups in total. The van der Waals surface area contributed by atoms with Gasteiger partial charge in [0.2, 0.25) is 0 Å². The van der Waals surface area contributed by atoms with Gasteiger partial charge in [0.15, 0.2) is 5.65 Å². The number of rotatable bonds is 1. The van der Waals surface area contributed by atoms with Crippen LogP contribution in [0.3, 0.4) is 0 Å². The Balaban J connectivity index is 1.94. The number of carbonyl (C=O) groups excluding carboxylic acids is 1. The number of likely N-dealkylation sites (tertiary alicyclic amines) is 1. The van der Waals surface area contributed by atoms with Gasteiger partial charge in [0.05, 0.1) is 16.9 Å². The van der Waals surface area contributed by atoms with Crippen LogP contribution in [0.25, 0.3) is 11.0 Å². The summed E-state index contributed by atoms with van der Waals surface area (Å²) in [6, 6.07) is 1.83. The molecular weight excluding hydrogens is 256 g/mol. The van der Waals surface area contributed by atoms with E-state index in [1.807, 2.05) is 20.0 Å². The van der Waals surface area contributed by atoms with Crippen molar-refractivity contribution in [2.75, 3.05) is 13.1 Å². The van der Waals surface area contributed by atoms with E-state index in [2.05, 4.69) is 10.1 Å². The van der Waals surface area contributed by atoms with Gasteiger partial charge in [-0.15, -0.1) is 0 Å². The number of hydrogen-bond acceptors (Lipinski definition) is 4. The lowest BCUT2D eigenvalue weighted by atomic mass is 10.1. The van der Waals surface area contributed by atoms with Crippen molar-refractivity contribution in [2.45, 2.75) is 25.9 Å². The van der Waals surface area contributed by atoms with Crippen LogP contribution in [-0.2, 0) is 7.05 Å². The van der Waals surface area contributed by atoms with E-state index in [1.165, 1.54) is 0 Å². The maximum atomic E-state index is 12.4.